The van der Waals surface area contributed by atoms with E-state index in [1.54, 1.807) is 29.5 Å². The molecule has 3 aromatic rings. The Morgan fingerprint density at radius 2 is 1.86 bits per heavy atom. The van der Waals surface area contributed by atoms with Gasteiger partial charge >= 0.3 is 5.97 Å². The Hall–Kier alpha value is -3.19. The van der Waals surface area contributed by atoms with Crippen molar-refractivity contribution in [1.29, 1.82) is 0 Å². The number of rotatable bonds is 6. The summed E-state index contributed by atoms with van der Waals surface area (Å²) < 4.78 is 2.05. The maximum atomic E-state index is 13.4. The minimum absolute atomic E-state index is 0.0319. The predicted molar refractivity (Wildman–Crippen MR) is 145 cm³/mol. The quantitative estimate of drug-likeness (QED) is 0.374. The van der Waals surface area contributed by atoms with Crippen LogP contribution in [-0.4, -0.2) is 33.8 Å². The van der Waals surface area contributed by atoms with Gasteiger partial charge in [-0.3, -0.25) is 4.79 Å². The zero-order chi connectivity index (χ0) is 25.2. The van der Waals surface area contributed by atoms with Crippen molar-refractivity contribution in [2.45, 2.75) is 77.7 Å². The number of thiophene rings is 1. The molecule has 1 aromatic carbocycles. The topological polar surface area (TPSA) is 83.7 Å². The first-order chi connectivity index (χ1) is 17.4. The van der Waals surface area contributed by atoms with E-state index in [1.807, 2.05) is 30.7 Å². The van der Waals surface area contributed by atoms with Gasteiger partial charge in [-0.25, -0.2) is 9.79 Å². The third-order valence-corrected chi connectivity index (χ3v) is 8.66. The fourth-order valence-corrected chi connectivity index (χ4v) is 6.83. The standard InChI is InChI=1S/C29H33N3O3S/c1-18-15-21(19(2)32(18)23-12-8-9-20(16-23)29(34)35)17-30-28-26(24-13-6-7-14-25(24)36-28)27(33)31-22-10-4-3-5-11-22/h8-9,12,15-17,22H,3-7,10-11,13-14H2,1-2H3,(H,31,33)(H,34,35). The van der Waals surface area contributed by atoms with Crippen molar-refractivity contribution in [2.75, 3.05) is 0 Å². The Bertz CT molecular complexity index is 1330. The van der Waals surface area contributed by atoms with Crippen LogP contribution in [0.4, 0.5) is 5.00 Å². The first-order valence-electron chi connectivity index (χ1n) is 12.9. The van der Waals surface area contributed by atoms with Crippen LogP contribution >= 0.6 is 11.3 Å². The number of aromatic nitrogens is 1. The average molecular weight is 504 g/mol. The highest BCUT2D eigenvalue weighted by Gasteiger charge is 2.27. The number of carbonyl (C=O) groups excluding carboxylic acids is 1. The number of carboxylic acids is 1. The molecule has 0 bridgehead atoms. The van der Waals surface area contributed by atoms with Gasteiger partial charge in [-0.05, 0) is 82.2 Å². The summed E-state index contributed by atoms with van der Waals surface area (Å²) in [5.41, 5.74) is 5.97. The van der Waals surface area contributed by atoms with Gasteiger partial charge in [0, 0.05) is 39.8 Å². The summed E-state index contributed by atoms with van der Waals surface area (Å²) in [4.78, 5) is 31.1. The number of hydrogen-bond donors (Lipinski definition) is 2. The van der Waals surface area contributed by atoms with Gasteiger partial charge in [0.1, 0.15) is 5.00 Å². The van der Waals surface area contributed by atoms with Crippen LogP contribution in [0.3, 0.4) is 0 Å². The molecular weight excluding hydrogens is 470 g/mol. The van der Waals surface area contributed by atoms with Crippen LogP contribution in [0.15, 0.2) is 35.3 Å². The number of aliphatic imine (C=N–C) groups is 1. The van der Waals surface area contributed by atoms with E-state index in [1.165, 1.54) is 29.7 Å². The van der Waals surface area contributed by atoms with Crippen LogP contribution in [0.2, 0.25) is 0 Å². The van der Waals surface area contributed by atoms with Gasteiger partial charge < -0.3 is 15.0 Å². The van der Waals surface area contributed by atoms with Gasteiger partial charge in [-0.1, -0.05) is 25.3 Å². The summed E-state index contributed by atoms with van der Waals surface area (Å²) in [6.07, 6.45) is 11.9. The van der Waals surface area contributed by atoms with Crippen molar-refractivity contribution in [1.82, 2.24) is 9.88 Å². The number of aryl methyl sites for hydroxylation is 2. The fraction of sp³-hybridized carbons (Fsp3) is 0.414. The number of fused-ring (bicyclic) bond motifs is 1. The number of nitrogens with zero attached hydrogens (tertiary/aromatic N) is 2. The number of hydrogen-bond acceptors (Lipinski definition) is 4. The largest absolute Gasteiger partial charge is 0.478 e. The number of carboxylic acid groups (broad SMARTS) is 1. The molecule has 2 N–H and O–H groups in total. The Labute approximate surface area is 216 Å². The molecule has 188 valence electrons. The average Bonchev–Trinajstić information content (AvgIpc) is 3.39. The summed E-state index contributed by atoms with van der Waals surface area (Å²) >= 11 is 1.66. The summed E-state index contributed by atoms with van der Waals surface area (Å²) in [6.45, 7) is 4.02. The molecule has 0 unspecified atom stereocenters. The lowest BCUT2D eigenvalue weighted by atomic mass is 9.93. The van der Waals surface area contributed by atoms with E-state index in [0.29, 0.717) is 0 Å². The Morgan fingerprint density at radius 1 is 1.08 bits per heavy atom. The van der Waals surface area contributed by atoms with E-state index < -0.39 is 5.97 Å². The molecular formula is C29H33N3O3S. The second-order valence-electron chi connectivity index (χ2n) is 9.98. The second-order valence-corrected chi connectivity index (χ2v) is 11.1. The molecule has 1 amide bonds. The number of carbonyl (C=O) groups is 2. The summed E-state index contributed by atoms with van der Waals surface area (Å²) in [5, 5.41) is 13.5. The van der Waals surface area contributed by atoms with E-state index in [-0.39, 0.29) is 17.5 Å². The molecule has 7 heteroatoms. The van der Waals surface area contributed by atoms with Crippen LogP contribution in [0, 0.1) is 13.8 Å². The fourth-order valence-electron chi connectivity index (χ4n) is 5.60. The van der Waals surface area contributed by atoms with Crippen LogP contribution < -0.4 is 5.32 Å². The van der Waals surface area contributed by atoms with E-state index in [9.17, 15) is 14.7 Å². The molecule has 1 saturated carbocycles. The molecule has 0 atom stereocenters. The lowest BCUT2D eigenvalue weighted by Crippen LogP contribution is -2.36. The summed E-state index contributed by atoms with van der Waals surface area (Å²) in [5.74, 6) is -0.911. The molecule has 0 aliphatic heterocycles. The van der Waals surface area contributed by atoms with Crippen molar-refractivity contribution in [2.24, 2.45) is 4.99 Å². The van der Waals surface area contributed by atoms with Gasteiger partial charge in [-0.15, -0.1) is 11.3 Å². The summed E-state index contributed by atoms with van der Waals surface area (Å²) in [7, 11) is 0. The lowest BCUT2D eigenvalue weighted by molar-refractivity contribution is 0.0696. The van der Waals surface area contributed by atoms with Crippen molar-refractivity contribution in [3.05, 3.63) is 68.9 Å². The molecule has 0 radical (unpaired) electrons. The molecule has 36 heavy (non-hydrogen) atoms. The predicted octanol–water partition coefficient (Wildman–Crippen LogP) is 6.55. The van der Waals surface area contributed by atoms with E-state index in [2.05, 4.69) is 11.4 Å². The molecule has 2 aliphatic carbocycles. The third kappa shape index (κ3) is 4.89. The highest BCUT2D eigenvalue weighted by atomic mass is 32.1. The van der Waals surface area contributed by atoms with Crippen molar-refractivity contribution >= 4 is 34.4 Å². The molecule has 6 nitrogen and oxygen atoms in total. The maximum absolute atomic E-state index is 13.4. The molecule has 1 fully saturated rings. The van der Waals surface area contributed by atoms with Crippen LogP contribution in [-0.2, 0) is 12.8 Å². The number of nitrogens with one attached hydrogen (secondary N) is 1. The number of aromatic carboxylic acids is 1. The van der Waals surface area contributed by atoms with Gasteiger partial charge in [0.15, 0.2) is 0 Å². The summed E-state index contributed by atoms with van der Waals surface area (Å²) in [6, 6.07) is 9.28. The zero-order valence-electron chi connectivity index (χ0n) is 21.0. The van der Waals surface area contributed by atoms with Crippen LogP contribution in [0.1, 0.15) is 93.1 Å². The Balaban J connectivity index is 1.46. The third-order valence-electron chi connectivity index (χ3n) is 7.46. The highest BCUT2D eigenvalue weighted by Crippen LogP contribution is 2.40. The van der Waals surface area contributed by atoms with Gasteiger partial charge in [-0.2, -0.15) is 0 Å². The van der Waals surface area contributed by atoms with Crippen molar-refractivity contribution in [3.63, 3.8) is 0 Å². The molecule has 0 spiro atoms. The zero-order valence-corrected chi connectivity index (χ0v) is 21.8. The lowest BCUT2D eigenvalue weighted by Gasteiger charge is -2.23. The molecule has 5 rings (SSSR count). The normalized spacial score (nSPS) is 16.3. The van der Waals surface area contributed by atoms with Gasteiger partial charge in [0.25, 0.3) is 5.91 Å². The van der Waals surface area contributed by atoms with Crippen molar-refractivity contribution in [3.8, 4) is 5.69 Å². The second kappa shape index (κ2) is 10.4. The molecule has 0 saturated heterocycles. The molecule has 2 aromatic heterocycles. The number of benzene rings is 1. The van der Waals surface area contributed by atoms with Gasteiger partial charge in [0.2, 0.25) is 0 Å². The van der Waals surface area contributed by atoms with E-state index >= 15 is 0 Å². The first kappa shape index (κ1) is 24.5. The first-order valence-corrected chi connectivity index (χ1v) is 13.8. The smallest absolute Gasteiger partial charge is 0.335 e. The van der Waals surface area contributed by atoms with Crippen LogP contribution in [0.5, 0.6) is 0 Å². The SMILES string of the molecule is Cc1cc(C=Nc2sc3c(c2C(=O)NC2CCCCC2)CCCC3)c(C)n1-c1cccc(C(=O)O)c1. The minimum atomic E-state index is -0.943. The monoisotopic (exact) mass is 503 g/mol. The minimum Gasteiger partial charge on any atom is -0.478 e. The molecule has 2 aliphatic rings. The Kier molecular flexibility index (Phi) is 7.10. The van der Waals surface area contributed by atoms with E-state index in [0.717, 1.165) is 71.7 Å². The van der Waals surface area contributed by atoms with E-state index in [4.69, 9.17) is 4.99 Å². The highest BCUT2D eigenvalue weighted by molar-refractivity contribution is 7.16. The maximum Gasteiger partial charge on any atom is 0.335 e. The van der Waals surface area contributed by atoms with Crippen LogP contribution in [0.25, 0.3) is 5.69 Å². The number of amides is 1. The van der Waals surface area contributed by atoms with Crippen molar-refractivity contribution < 1.29 is 14.7 Å². The van der Waals surface area contributed by atoms with Gasteiger partial charge in [0.05, 0.1) is 11.1 Å². The Morgan fingerprint density at radius 3 is 2.64 bits per heavy atom. The molecule has 2 heterocycles.